The van der Waals surface area contributed by atoms with Crippen LogP contribution in [0.1, 0.15) is 51.4 Å². The average Bonchev–Trinajstić information content (AvgIpc) is 2.58. The first kappa shape index (κ1) is 23.0. The molecular formula is C20H28N4O4. The highest BCUT2D eigenvalue weighted by molar-refractivity contribution is 6.05. The Morgan fingerprint density at radius 3 is 2.43 bits per heavy atom. The van der Waals surface area contributed by atoms with E-state index in [2.05, 4.69) is 5.32 Å². The molecule has 0 unspecified atom stereocenters. The molecule has 8 heteroatoms. The third kappa shape index (κ3) is 7.27. The van der Waals surface area contributed by atoms with Gasteiger partial charge >= 0.3 is 12.1 Å². The Balaban J connectivity index is 3.04. The molecule has 0 saturated heterocycles. The van der Waals surface area contributed by atoms with E-state index in [1.165, 1.54) is 13.1 Å². The topological polar surface area (TPSA) is 103 Å². The molecule has 4 amide bonds. The highest BCUT2D eigenvalue weighted by atomic mass is 16.6. The van der Waals surface area contributed by atoms with Gasteiger partial charge in [0.2, 0.25) is 0 Å². The molecule has 0 fully saturated rings. The van der Waals surface area contributed by atoms with Crippen LogP contribution >= 0.6 is 0 Å². The molecule has 28 heavy (non-hydrogen) atoms. The molecule has 1 aromatic rings. The lowest BCUT2D eigenvalue weighted by atomic mass is 10.1. The van der Waals surface area contributed by atoms with E-state index in [1.807, 2.05) is 13.8 Å². The van der Waals surface area contributed by atoms with Gasteiger partial charge in [-0.2, -0.15) is 5.26 Å². The van der Waals surface area contributed by atoms with E-state index in [0.717, 1.165) is 9.80 Å². The third-order valence-corrected chi connectivity index (χ3v) is 3.60. The molecular weight excluding hydrogens is 360 g/mol. The molecule has 0 radical (unpaired) electrons. The van der Waals surface area contributed by atoms with Gasteiger partial charge in [0.05, 0.1) is 0 Å². The number of hydrogen-bond donors (Lipinski definition) is 1. The Morgan fingerprint density at radius 2 is 1.89 bits per heavy atom. The van der Waals surface area contributed by atoms with Gasteiger partial charge in [0, 0.05) is 24.8 Å². The number of rotatable bonds is 5. The minimum absolute atomic E-state index is 0.186. The van der Waals surface area contributed by atoms with Crippen molar-refractivity contribution in [2.45, 2.75) is 46.6 Å². The van der Waals surface area contributed by atoms with Crippen LogP contribution in [0.3, 0.4) is 0 Å². The van der Waals surface area contributed by atoms with Crippen LogP contribution in [-0.2, 0) is 4.74 Å². The monoisotopic (exact) mass is 388 g/mol. The van der Waals surface area contributed by atoms with Crippen LogP contribution in [0.4, 0.5) is 15.3 Å². The summed E-state index contributed by atoms with van der Waals surface area (Å²) in [5.74, 6) is -0.267. The van der Waals surface area contributed by atoms with Crippen LogP contribution in [0.25, 0.3) is 0 Å². The van der Waals surface area contributed by atoms with Gasteiger partial charge in [0.1, 0.15) is 5.60 Å². The fourth-order valence-electron chi connectivity index (χ4n) is 2.20. The molecule has 0 spiro atoms. The number of carbonyl (C=O) groups excluding carboxylic acids is 3. The van der Waals surface area contributed by atoms with Crippen molar-refractivity contribution in [2.75, 3.05) is 18.9 Å². The van der Waals surface area contributed by atoms with Crippen molar-refractivity contribution in [1.82, 2.24) is 9.80 Å². The minimum Gasteiger partial charge on any atom is -0.444 e. The Labute approximate surface area is 166 Å². The first-order valence-corrected chi connectivity index (χ1v) is 9.04. The van der Waals surface area contributed by atoms with Crippen molar-refractivity contribution >= 4 is 23.7 Å². The predicted octanol–water partition coefficient (Wildman–Crippen LogP) is 4.05. The van der Waals surface area contributed by atoms with Gasteiger partial charge in [0.25, 0.3) is 5.91 Å². The lowest BCUT2D eigenvalue weighted by Gasteiger charge is -2.24. The molecule has 0 atom stereocenters. The molecule has 8 nitrogen and oxygen atoms in total. The molecule has 0 aliphatic rings. The van der Waals surface area contributed by atoms with Gasteiger partial charge in [-0.25, -0.2) is 14.5 Å². The number of hydrogen-bond acceptors (Lipinski definition) is 5. The highest BCUT2D eigenvalue weighted by Crippen LogP contribution is 2.16. The summed E-state index contributed by atoms with van der Waals surface area (Å²) in [6.07, 6.45) is 1.67. The number of urea groups is 1. The van der Waals surface area contributed by atoms with Gasteiger partial charge in [-0.1, -0.05) is 19.9 Å². The summed E-state index contributed by atoms with van der Waals surface area (Å²) in [5, 5.41) is 11.5. The Morgan fingerprint density at radius 1 is 1.25 bits per heavy atom. The quantitative estimate of drug-likeness (QED) is 0.605. The number of benzene rings is 1. The predicted molar refractivity (Wildman–Crippen MR) is 106 cm³/mol. The maximum Gasteiger partial charge on any atom is 0.412 e. The standard InChI is InChI=1S/C20H28N4O4/c1-14(2)10-11-24(19(27)23(6)13-21)17(25)15-8-7-9-16(12-15)22-18(26)28-20(3,4)5/h7-9,12,14H,10-11H2,1-6H3,(H,22,26). The fourth-order valence-corrected chi connectivity index (χ4v) is 2.20. The lowest BCUT2D eigenvalue weighted by Crippen LogP contribution is -2.43. The molecule has 0 saturated carbocycles. The molecule has 1 rings (SSSR count). The van der Waals surface area contributed by atoms with E-state index in [4.69, 9.17) is 10.00 Å². The van der Waals surface area contributed by atoms with Crippen molar-refractivity contribution < 1.29 is 19.1 Å². The molecule has 0 bridgehead atoms. The Kier molecular flexibility index (Phi) is 7.99. The number of nitriles is 1. The van der Waals surface area contributed by atoms with E-state index < -0.39 is 23.6 Å². The maximum atomic E-state index is 12.9. The lowest BCUT2D eigenvalue weighted by molar-refractivity contribution is 0.0634. The van der Waals surface area contributed by atoms with E-state index in [0.29, 0.717) is 12.1 Å². The first-order valence-electron chi connectivity index (χ1n) is 9.04. The summed E-state index contributed by atoms with van der Waals surface area (Å²) in [4.78, 5) is 39.1. The van der Waals surface area contributed by atoms with E-state index in [1.54, 1.807) is 45.2 Å². The smallest absolute Gasteiger partial charge is 0.412 e. The van der Waals surface area contributed by atoms with Crippen molar-refractivity contribution in [3.63, 3.8) is 0 Å². The average molecular weight is 388 g/mol. The molecule has 0 aliphatic carbocycles. The fraction of sp³-hybridized carbons (Fsp3) is 0.500. The number of nitrogens with zero attached hydrogens (tertiary/aromatic N) is 3. The SMILES string of the molecule is CC(C)CCN(C(=O)c1cccc(NC(=O)OC(C)(C)C)c1)C(=O)N(C)C#N. The van der Waals surface area contributed by atoms with Crippen molar-refractivity contribution in [1.29, 1.82) is 5.26 Å². The molecule has 0 aromatic heterocycles. The summed E-state index contributed by atoms with van der Waals surface area (Å²) < 4.78 is 5.20. The molecule has 1 N–H and O–H groups in total. The first-order chi connectivity index (χ1) is 12.9. The van der Waals surface area contributed by atoms with Crippen LogP contribution in [0.5, 0.6) is 0 Å². The zero-order chi connectivity index (χ0) is 21.5. The molecule has 152 valence electrons. The maximum absolute atomic E-state index is 12.9. The Bertz CT molecular complexity index is 762. The van der Waals surface area contributed by atoms with Gasteiger partial charge in [-0.05, 0) is 51.3 Å². The highest BCUT2D eigenvalue weighted by Gasteiger charge is 2.26. The van der Waals surface area contributed by atoms with E-state index >= 15 is 0 Å². The van der Waals surface area contributed by atoms with Crippen LogP contribution in [0.2, 0.25) is 0 Å². The summed E-state index contributed by atoms with van der Waals surface area (Å²) in [6, 6.07) is 5.53. The van der Waals surface area contributed by atoms with Crippen molar-refractivity contribution in [2.24, 2.45) is 5.92 Å². The number of imide groups is 1. The summed E-state index contributed by atoms with van der Waals surface area (Å²) in [6.45, 7) is 9.38. The zero-order valence-electron chi connectivity index (χ0n) is 17.3. The molecule has 1 aromatic carbocycles. The second kappa shape index (κ2) is 9.74. The Hall–Kier alpha value is -3.08. The van der Waals surface area contributed by atoms with Crippen LogP contribution in [0.15, 0.2) is 24.3 Å². The second-order valence-electron chi connectivity index (χ2n) is 7.79. The summed E-state index contributed by atoms with van der Waals surface area (Å²) >= 11 is 0. The minimum atomic E-state index is -0.696. The van der Waals surface area contributed by atoms with Gasteiger partial charge in [-0.3, -0.25) is 15.0 Å². The largest absolute Gasteiger partial charge is 0.444 e. The summed E-state index contributed by atoms with van der Waals surface area (Å²) in [7, 11) is 1.30. The summed E-state index contributed by atoms with van der Waals surface area (Å²) in [5.41, 5.74) is -0.0681. The van der Waals surface area contributed by atoms with E-state index in [-0.39, 0.29) is 18.0 Å². The normalized spacial score (nSPS) is 10.8. The van der Waals surface area contributed by atoms with Crippen LogP contribution < -0.4 is 5.32 Å². The zero-order valence-corrected chi connectivity index (χ0v) is 17.3. The third-order valence-electron chi connectivity index (χ3n) is 3.60. The van der Waals surface area contributed by atoms with Gasteiger partial charge < -0.3 is 4.74 Å². The van der Waals surface area contributed by atoms with Crippen LogP contribution in [-0.4, -0.2) is 47.0 Å². The number of carbonyl (C=O) groups is 3. The van der Waals surface area contributed by atoms with Crippen LogP contribution in [0, 0.1) is 17.4 Å². The number of amides is 4. The number of anilines is 1. The van der Waals surface area contributed by atoms with Crippen molar-refractivity contribution in [3.8, 4) is 6.19 Å². The van der Waals surface area contributed by atoms with Gasteiger partial charge in [-0.15, -0.1) is 0 Å². The number of ether oxygens (including phenoxy) is 1. The van der Waals surface area contributed by atoms with Gasteiger partial charge in [0.15, 0.2) is 6.19 Å². The number of nitrogens with one attached hydrogen (secondary N) is 1. The molecule has 0 aliphatic heterocycles. The molecule has 0 heterocycles. The van der Waals surface area contributed by atoms with Crippen molar-refractivity contribution in [3.05, 3.63) is 29.8 Å². The van der Waals surface area contributed by atoms with E-state index in [9.17, 15) is 14.4 Å². The second-order valence-corrected chi connectivity index (χ2v) is 7.79.